The number of aromatic nitrogens is 4. The minimum Gasteiger partial charge on any atom is -0.310 e. The lowest BCUT2D eigenvalue weighted by atomic mass is 10.1. The summed E-state index contributed by atoms with van der Waals surface area (Å²) in [4.78, 5) is 19.2. The molecule has 1 aliphatic heterocycles. The van der Waals surface area contributed by atoms with Crippen molar-refractivity contribution in [1.29, 1.82) is 0 Å². The maximum atomic E-state index is 12.8. The molecule has 0 atom stereocenters. The zero-order valence-electron chi connectivity index (χ0n) is 14.5. The predicted octanol–water partition coefficient (Wildman–Crippen LogP) is 3.39. The summed E-state index contributed by atoms with van der Waals surface area (Å²) in [6, 6.07) is 11.9. The molecule has 3 heterocycles. The highest BCUT2D eigenvalue weighted by Gasteiger charge is 2.29. The van der Waals surface area contributed by atoms with Gasteiger partial charge in [0.15, 0.2) is 5.82 Å². The number of hydrogen-bond acceptors (Lipinski definition) is 4. The van der Waals surface area contributed by atoms with Gasteiger partial charge in [-0.1, -0.05) is 23.8 Å². The highest BCUT2D eigenvalue weighted by Crippen LogP contribution is 2.29. The van der Waals surface area contributed by atoms with Crippen molar-refractivity contribution in [3.05, 3.63) is 59.4 Å². The van der Waals surface area contributed by atoms with Gasteiger partial charge in [-0.3, -0.25) is 9.69 Å². The highest BCUT2D eigenvalue weighted by atomic mass is 16.2. The molecule has 0 radical (unpaired) electrons. The van der Waals surface area contributed by atoms with Crippen LogP contribution in [0.2, 0.25) is 0 Å². The number of hydrogen-bond donors (Lipinski definition) is 0. The Morgan fingerprint density at radius 3 is 2.80 bits per heavy atom. The number of pyridine rings is 1. The number of benzene rings is 1. The molecule has 0 unspecified atom stereocenters. The number of anilines is 1. The molecule has 0 saturated carbocycles. The molecule has 0 saturated heterocycles. The Morgan fingerprint density at radius 1 is 1.16 bits per heavy atom. The van der Waals surface area contributed by atoms with Gasteiger partial charge in [-0.2, -0.15) is 0 Å². The molecule has 0 N–H and O–H groups in total. The van der Waals surface area contributed by atoms with E-state index in [2.05, 4.69) is 29.0 Å². The van der Waals surface area contributed by atoms with E-state index in [0.717, 1.165) is 16.7 Å². The summed E-state index contributed by atoms with van der Waals surface area (Å²) < 4.78 is 1.97. The van der Waals surface area contributed by atoms with E-state index < -0.39 is 0 Å². The highest BCUT2D eigenvalue weighted by molar-refractivity contribution is 6.09. The Balaban J connectivity index is 1.72. The predicted molar refractivity (Wildman–Crippen MR) is 95.3 cm³/mol. The molecule has 2 aromatic heterocycles. The van der Waals surface area contributed by atoms with Crippen molar-refractivity contribution >= 4 is 11.7 Å². The number of fused-ring (bicyclic) bond motifs is 1. The molecule has 6 heteroatoms. The topological polar surface area (TPSA) is 63.9 Å². The van der Waals surface area contributed by atoms with Crippen molar-refractivity contribution in [2.24, 2.45) is 0 Å². The zero-order valence-corrected chi connectivity index (χ0v) is 14.5. The summed E-state index contributed by atoms with van der Waals surface area (Å²) in [5, 5.41) is 8.19. The number of rotatable bonds is 3. The standard InChI is InChI=1S/C19H19N5O/c1-12(2)24-11-20-22-18(24)16-5-4-6-17(21-16)23-10-14-8-7-13(3)9-15(14)19(23)25/h4-9,11-12H,10H2,1-3H3. The van der Waals surface area contributed by atoms with Crippen LogP contribution in [0, 0.1) is 6.92 Å². The van der Waals surface area contributed by atoms with E-state index in [-0.39, 0.29) is 11.9 Å². The molecule has 1 aromatic carbocycles. The molecule has 1 aliphatic rings. The number of carbonyl (C=O) groups excluding carboxylic acids is 1. The van der Waals surface area contributed by atoms with Crippen molar-refractivity contribution < 1.29 is 4.79 Å². The summed E-state index contributed by atoms with van der Waals surface area (Å²) in [5.74, 6) is 1.33. The fraction of sp³-hybridized carbons (Fsp3) is 0.263. The number of amides is 1. The lowest BCUT2D eigenvalue weighted by Gasteiger charge is -2.16. The van der Waals surface area contributed by atoms with Crippen LogP contribution >= 0.6 is 0 Å². The Bertz CT molecular complexity index is 960. The second-order valence-electron chi connectivity index (χ2n) is 6.59. The first kappa shape index (κ1) is 15.5. The van der Waals surface area contributed by atoms with Crippen LogP contribution in [0.25, 0.3) is 11.5 Å². The second kappa shape index (κ2) is 5.81. The summed E-state index contributed by atoms with van der Waals surface area (Å²) in [6.45, 7) is 6.68. The SMILES string of the molecule is Cc1ccc2c(c1)C(=O)N(c1cccc(-c3nncn3C(C)C)n1)C2. The average Bonchev–Trinajstić information content (AvgIpc) is 3.21. The monoisotopic (exact) mass is 333 g/mol. The van der Waals surface area contributed by atoms with E-state index in [1.807, 2.05) is 47.9 Å². The Hall–Kier alpha value is -3.02. The van der Waals surface area contributed by atoms with Gasteiger partial charge < -0.3 is 4.57 Å². The van der Waals surface area contributed by atoms with E-state index in [4.69, 9.17) is 0 Å². The maximum absolute atomic E-state index is 12.8. The minimum atomic E-state index is -0.00586. The number of nitrogens with zero attached hydrogens (tertiary/aromatic N) is 5. The number of carbonyl (C=O) groups is 1. The Labute approximate surface area is 146 Å². The molecule has 6 nitrogen and oxygen atoms in total. The maximum Gasteiger partial charge on any atom is 0.260 e. The van der Waals surface area contributed by atoms with Crippen molar-refractivity contribution in [1.82, 2.24) is 19.7 Å². The van der Waals surface area contributed by atoms with E-state index >= 15 is 0 Å². The molecule has 3 aromatic rings. The van der Waals surface area contributed by atoms with Gasteiger partial charge in [0.05, 0.1) is 6.54 Å². The van der Waals surface area contributed by atoms with Crippen LogP contribution in [0.1, 0.15) is 41.4 Å². The summed E-state index contributed by atoms with van der Waals surface area (Å²) in [5.41, 5.74) is 3.59. The van der Waals surface area contributed by atoms with Crippen molar-refractivity contribution in [3.8, 4) is 11.5 Å². The third-order valence-corrected chi connectivity index (χ3v) is 4.44. The van der Waals surface area contributed by atoms with E-state index in [0.29, 0.717) is 23.9 Å². The first-order valence-corrected chi connectivity index (χ1v) is 8.33. The molecule has 0 bridgehead atoms. The molecular formula is C19H19N5O. The lowest BCUT2D eigenvalue weighted by Crippen LogP contribution is -2.24. The largest absolute Gasteiger partial charge is 0.310 e. The third-order valence-electron chi connectivity index (χ3n) is 4.44. The van der Waals surface area contributed by atoms with Crippen LogP contribution < -0.4 is 4.90 Å². The first-order valence-electron chi connectivity index (χ1n) is 8.33. The summed E-state index contributed by atoms with van der Waals surface area (Å²) in [6.07, 6.45) is 1.70. The van der Waals surface area contributed by atoms with Crippen LogP contribution in [-0.4, -0.2) is 25.7 Å². The quantitative estimate of drug-likeness (QED) is 0.737. The molecule has 126 valence electrons. The van der Waals surface area contributed by atoms with Crippen LogP contribution in [0.15, 0.2) is 42.7 Å². The summed E-state index contributed by atoms with van der Waals surface area (Å²) in [7, 11) is 0. The normalized spacial score (nSPS) is 13.6. The number of aryl methyl sites for hydroxylation is 1. The van der Waals surface area contributed by atoms with E-state index in [1.54, 1.807) is 11.2 Å². The molecule has 1 amide bonds. The first-order chi connectivity index (χ1) is 12.0. The molecule has 4 rings (SSSR count). The van der Waals surface area contributed by atoms with Crippen molar-refractivity contribution in [3.63, 3.8) is 0 Å². The average molecular weight is 333 g/mol. The van der Waals surface area contributed by atoms with Gasteiger partial charge in [0, 0.05) is 11.6 Å². The van der Waals surface area contributed by atoms with Crippen molar-refractivity contribution in [2.75, 3.05) is 4.90 Å². The lowest BCUT2D eigenvalue weighted by molar-refractivity contribution is 0.0996. The van der Waals surface area contributed by atoms with Crippen LogP contribution in [0.4, 0.5) is 5.82 Å². The van der Waals surface area contributed by atoms with Crippen LogP contribution in [0.5, 0.6) is 0 Å². The smallest absolute Gasteiger partial charge is 0.260 e. The van der Waals surface area contributed by atoms with Gasteiger partial charge in [0.1, 0.15) is 17.8 Å². The van der Waals surface area contributed by atoms with Gasteiger partial charge in [-0.15, -0.1) is 10.2 Å². The van der Waals surface area contributed by atoms with Gasteiger partial charge in [0.2, 0.25) is 0 Å². The summed E-state index contributed by atoms with van der Waals surface area (Å²) >= 11 is 0. The zero-order chi connectivity index (χ0) is 17.6. The molecule has 0 fully saturated rings. The third kappa shape index (κ3) is 2.59. The van der Waals surface area contributed by atoms with E-state index in [1.165, 1.54) is 0 Å². The van der Waals surface area contributed by atoms with Gasteiger partial charge in [-0.05, 0) is 44.5 Å². The van der Waals surface area contributed by atoms with Gasteiger partial charge in [-0.25, -0.2) is 4.98 Å². The van der Waals surface area contributed by atoms with Gasteiger partial charge >= 0.3 is 0 Å². The molecule has 0 spiro atoms. The van der Waals surface area contributed by atoms with Crippen LogP contribution in [0.3, 0.4) is 0 Å². The molecular weight excluding hydrogens is 314 g/mol. The van der Waals surface area contributed by atoms with E-state index in [9.17, 15) is 4.79 Å². The Morgan fingerprint density at radius 2 is 2.00 bits per heavy atom. The second-order valence-corrected chi connectivity index (χ2v) is 6.59. The van der Waals surface area contributed by atoms with Gasteiger partial charge in [0.25, 0.3) is 5.91 Å². The Kier molecular flexibility index (Phi) is 3.60. The minimum absolute atomic E-state index is 0.00586. The molecule has 25 heavy (non-hydrogen) atoms. The molecule has 0 aliphatic carbocycles. The van der Waals surface area contributed by atoms with Crippen molar-refractivity contribution in [2.45, 2.75) is 33.4 Å². The fourth-order valence-corrected chi connectivity index (χ4v) is 3.10. The van der Waals surface area contributed by atoms with Crippen LogP contribution in [-0.2, 0) is 6.54 Å². The fourth-order valence-electron chi connectivity index (χ4n) is 3.10.